The fraction of sp³-hybridized carbons (Fsp3) is 0.222. The number of halogens is 1. The lowest BCUT2D eigenvalue weighted by atomic mass is 10.2. The average molecular weight is 198 g/mol. The second-order valence-corrected chi connectivity index (χ2v) is 2.48. The van der Waals surface area contributed by atoms with Crippen LogP contribution < -0.4 is 9.47 Å². The lowest BCUT2D eigenvalue weighted by molar-refractivity contribution is 0.377. The molecule has 0 saturated heterocycles. The van der Waals surface area contributed by atoms with E-state index in [1.807, 2.05) is 6.07 Å². The van der Waals surface area contributed by atoms with Gasteiger partial charge in [0.2, 0.25) is 0 Å². The molecule has 1 rings (SSSR count). The van der Waals surface area contributed by atoms with Crippen LogP contribution in [0, 0.1) is 11.3 Å². The van der Waals surface area contributed by atoms with Crippen molar-refractivity contribution in [2.75, 3.05) is 13.2 Å². The molecule has 0 fully saturated rings. The highest BCUT2D eigenvalue weighted by Crippen LogP contribution is 2.22. The molecule has 68 valence electrons. The van der Waals surface area contributed by atoms with Crippen LogP contribution in [0.2, 0.25) is 0 Å². The van der Waals surface area contributed by atoms with Gasteiger partial charge in [0.1, 0.15) is 11.5 Å². The van der Waals surface area contributed by atoms with Crippen LogP contribution in [0.3, 0.4) is 0 Å². The highest BCUT2D eigenvalue weighted by Gasteiger charge is 2.00. The first-order valence-electron chi connectivity index (χ1n) is 3.58. The van der Waals surface area contributed by atoms with Gasteiger partial charge in [-0.15, -0.1) is 0 Å². The normalized spacial score (nSPS) is 9.00. The van der Waals surface area contributed by atoms with Crippen LogP contribution >= 0.6 is 11.6 Å². The smallest absolute Gasteiger partial charge is 0.162 e. The van der Waals surface area contributed by atoms with E-state index in [2.05, 4.69) is 0 Å². The van der Waals surface area contributed by atoms with Gasteiger partial charge in [-0.2, -0.15) is 5.26 Å². The van der Waals surface area contributed by atoms with E-state index >= 15 is 0 Å². The molecule has 1 aromatic carbocycles. The van der Waals surface area contributed by atoms with Gasteiger partial charge in [0, 0.05) is 6.07 Å². The quantitative estimate of drug-likeness (QED) is 0.698. The highest BCUT2D eigenvalue weighted by atomic mass is 35.5. The third-order valence-corrected chi connectivity index (χ3v) is 1.58. The van der Waals surface area contributed by atoms with Gasteiger partial charge in [0.15, 0.2) is 6.07 Å². The zero-order valence-corrected chi connectivity index (χ0v) is 7.84. The van der Waals surface area contributed by atoms with Crippen molar-refractivity contribution in [3.63, 3.8) is 0 Å². The van der Waals surface area contributed by atoms with Gasteiger partial charge in [-0.25, -0.2) is 0 Å². The molecule has 4 heteroatoms. The number of methoxy groups -OCH3 is 1. The van der Waals surface area contributed by atoms with Gasteiger partial charge in [-0.3, -0.25) is 0 Å². The molecule has 0 unspecified atom stereocenters. The minimum atomic E-state index is 0.0536. The molecule has 0 bridgehead atoms. The Kier molecular flexibility index (Phi) is 3.41. The zero-order valence-electron chi connectivity index (χ0n) is 7.08. The van der Waals surface area contributed by atoms with Crippen molar-refractivity contribution < 1.29 is 9.47 Å². The zero-order chi connectivity index (χ0) is 9.68. The maximum atomic E-state index is 8.66. The molecule has 0 atom stereocenters. The molecule has 0 radical (unpaired) electrons. The van der Waals surface area contributed by atoms with Crippen LogP contribution in [0.4, 0.5) is 0 Å². The molecule has 0 aliphatic carbocycles. The number of ether oxygens (including phenoxy) is 2. The largest absolute Gasteiger partial charge is 0.497 e. The van der Waals surface area contributed by atoms with Crippen molar-refractivity contribution in [1.29, 1.82) is 5.26 Å². The van der Waals surface area contributed by atoms with Crippen molar-refractivity contribution in [1.82, 2.24) is 0 Å². The van der Waals surface area contributed by atoms with Crippen LogP contribution in [0.5, 0.6) is 11.5 Å². The van der Waals surface area contributed by atoms with Gasteiger partial charge in [-0.1, -0.05) is 11.6 Å². The monoisotopic (exact) mass is 197 g/mol. The lowest BCUT2D eigenvalue weighted by Crippen LogP contribution is -1.91. The number of rotatable bonds is 3. The summed E-state index contributed by atoms with van der Waals surface area (Å²) in [4.78, 5) is 0. The van der Waals surface area contributed by atoms with Crippen LogP contribution in [0.25, 0.3) is 0 Å². The lowest BCUT2D eigenvalue weighted by Gasteiger charge is -2.05. The minimum absolute atomic E-state index is 0.0536. The van der Waals surface area contributed by atoms with Gasteiger partial charge >= 0.3 is 0 Å². The summed E-state index contributed by atoms with van der Waals surface area (Å²) in [6.07, 6.45) is 0. The second-order valence-electron chi connectivity index (χ2n) is 2.26. The summed E-state index contributed by atoms with van der Waals surface area (Å²) < 4.78 is 9.99. The summed E-state index contributed by atoms with van der Waals surface area (Å²) in [6.45, 7) is 0. The summed E-state index contributed by atoms with van der Waals surface area (Å²) in [5.41, 5.74) is 0.486. The first-order valence-corrected chi connectivity index (χ1v) is 4.11. The number of alkyl halides is 1. The molecular formula is C9H8ClNO2. The molecule has 0 aliphatic rings. The Labute approximate surface area is 81.4 Å². The molecule has 0 aromatic heterocycles. The first-order chi connectivity index (χ1) is 6.30. The molecule has 0 aliphatic heterocycles. The van der Waals surface area contributed by atoms with E-state index in [0.29, 0.717) is 17.1 Å². The van der Waals surface area contributed by atoms with E-state index in [9.17, 15) is 0 Å². The Hall–Kier alpha value is -1.40. The van der Waals surface area contributed by atoms with Crippen molar-refractivity contribution >= 4 is 11.6 Å². The molecular weight excluding hydrogens is 190 g/mol. The molecule has 1 aromatic rings. The number of nitrogens with zero attached hydrogens (tertiary/aromatic N) is 1. The molecule has 3 nitrogen and oxygen atoms in total. The van der Waals surface area contributed by atoms with Crippen molar-refractivity contribution in [3.8, 4) is 17.6 Å². The van der Waals surface area contributed by atoms with E-state index < -0.39 is 0 Å². The summed E-state index contributed by atoms with van der Waals surface area (Å²) in [6, 6.07) is 6.95. The van der Waals surface area contributed by atoms with Crippen LogP contribution in [0.15, 0.2) is 18.2 Å². The maximum absolute atomic E-state index is 8.66. The van der Waals surface area contributed by atoms with Gasteiger partial charge in [0.25, 0.3) is 0 Å². The van der Waals surface area contributed by atoms with Crippen LogP contribution in [0.1, 0.15) is 5.56 Å². The minimum Gasteiger partial charge on any atom is -0.497 e. The molecule has 0 N–H and O–H groups in total. The number of benzene rings is 1. The third kappa shape index (κ3) is 2.53. The Morgan fingerprint density at radius 3 is 2.62 bits per heavy atom. The summed E-state index contributed by atoms with van der Waals surface area (Å²) in [7, 11) is 1.53. The van der Waals surface area contributed by atoms with Crippen molar-refractivity contribution in [3.05, 3.63) is 23.8 Å². The predicted octanol–water partition coefficient (Wildman–Crippen LogP) is 2.14. The fourth-order valence-electron chi connectivity index (χ4n) is 0.900. The summed E-state index contributed by atoms with van der Waals surface area (Å²) in [5, 5.41) is 8.66. The van der Waals surface area contributed by atoms with E-state index in [4.69, 9.17) is 26.3 Å². The number of hydrogen-bond donors (Lipinski definition) is 0. The fourth-order valence-corrected chi connectivity index (χ4v) is 1.03. The third-order valence-electron chi connectivity index (χ3n) is 1.47. The number of nitriles is 1. The predicted molar refractivity (Wildman–Crippen MR) is 49.1 cm³/mol. The second kappa shape index (κ2) is 4.58. The van der Waals surface area contributed by atoms with E-state index in [-0.39, 0.29) is 6.07 Å². The van der Waals surface area contributed by atoms with E-state index in [0.717, 1.165) is 0 Å². The van der Waals surface area contributed by atoms with E-state index in [1.54, 1.807) is 18.2 Å². The molecule has 0 amide bonds. The Morgan fingerprint density at radius 1 is 1.38 bits per heavy atom. The van der Waals surface area contributed by atoms with Crippen molar-refractivity contribution in [2.45, 2.75) is 0 Å². The molecule has 0 spiro atoms. The van der Waals surface area contributed by atoms with Gasteiger partial charge in [0.05, 0.1) is 18.7 Å². The molecule has 0 saturated carbocycles. The number of hydrogen-bond acceptors (Lipinski definition) is 3. The molecule has 13 heavy (non-hydrogen) atoms. The summed E-state index contributed by atoms with van der Waals surface area (Å²) >= 11 is 5.38. The summed E-state index contributed by atoms with van der Waals surface area (Å²) in [5.74, 6) is 1.12. The van der Waals surface area contributed by atoms with Crippen LogP contribution in [-0.2, 0) is 0 Å². The average Bonchev–Trinajstić information content (AvgIpc) is 2.17. The SMILES string of the molecule is COc1cc(C#N)cc(OCCl)c1. The Morgan fingerprint density at radius 2 is 2.08 bits per heavy atom. The van der Waals surface area contributed by atoms with Gasteiger partial charge in [-0.05, 0) is 12.1 Å². The topological polar surface area (TPSA) is 42.2 Å². The molecule has 0 heterocycles. The Balaban J connectivity index is 3.01. The van der Waals surface area contributed by atoms with Crippen LogP contribution in [-0.4, -0.2) is 13.2 Å². The Bertz CT molecular complexity index is 333. The van der Waals surface area contributed by atoms with Gasteiger partial charge < -0.3 is 9.47 Å². The standard InChI is InChI=1S/C9H8ClNO2/c1-12-8-2-7(5-11)3-9(4-8)13-6-10/h2-4H,6H2,1H3. The maximum Gasteiger partial charge on any atom is 0.162 e. The highest BCUT2D eigenvalue weighted by molar-refractivity contribution is 6.17. The first kappa shape index (κ1) is 9.69. The van der Waals surface area contributed by atoms with E-state index in [1.165, 1.54) is 7.11 Å². The van der Waals surface area contributed by atoms with Crippen molar-refractivity contribution in [2.24, 2.45) is 0 Å².